The Morgan fingerprint density at radius 3 is 2.05 bits per heavy atom. The summed E-state index contributed by atoms with van der Waals surface area (Å²) < 4.78 is 12.9. The monoisotopic (exact) mass is 254 g/mol. The zero-order valence-corrected chi connectivity index (χ0v) is 11.3. The van der Waals surface area contributed by atoms with Crippen molar-refractivity contribution in [1.29, 1.82) is 0 Å². The average Bonchev–Trinajstić information content (AvgIpc) is 2.45. The van der Waals surface area contributed by atoms with Crippen LogP contribution in [0.1, 0.15) is 25.3 Å². The minimum Gasteiger partial charge on any atom is -0.207 e. The molecule has 0 unspecified atom stereocenters. The number of rotatable bonds is 5. The maximum Gasteiger partial charge on any atom is 0.123 e. The Morgan fingerprint density at radius 2 is 1.47 bits per heavy atom. The van der Waals surface area contributed by atoms with Crippen molar-refractivity contribution in [1.82, 2.24) is 0 Å². The molecule has 19 heavy (non-hydrogen) atoms. The third kappa shape index (κ3) is 4.06. The summed E-state index contributed by atoms with van der Waals surface area (Å²) in [7, 11) is 0. The highest BCUT2D eigenvalue weighted by Crippen LogP contribution is 2.20. The zero-order valence-electron chi connectivity index (χ0n) is 11.3. The Balaban J connectivity index is 2.00. The van der Waals surface area contributed by atoms with Gasteiger partial charge in [-0.05, 0) is 55.0 Å². The van der Waals surface area contributed by atoms with Crippen LogP contribution in [-0.4, -0.2) is 0 Å². The minimum absolute atomic E-state index is 0.190. The maximum absolute atomic E-state index is 12.9. The van der Waals surface area contributed by atoms with E-state index in [0.717, 1.165) is 24.0 Å². The van der Waals surface area contributed by atoms with Gasteiger partial charge in [0.1, 0.15) is 5.82 Å². The first kappa shape index (κ1) is 13.5. The molecule has 0 atom stereocenters. The van der Waals surface area contributed by atoms with Crippen LogP contribution in [0.4, 0.5) is 4.39 Å². The predicted molar refractivity (Wildman–Crippen MR) is 79.6 cm³/mol. The van der Waals surface area contributed by atoms with E-state index in [1.54, 1.807) is 0 Å². The SMILES string of the molecule is CC=CCCCc1ccc(-c2ccc(F)cc2)cc1. The molecule has 1 heteroatoms. The molecule has 0 aliphatic heterocycles. The standard InChI is InChI=1S/C18H19F/c1-2-3-4-5-6-15-7-9-16(10-8-15)17-11-13-18(19)14-12-17/h2-3,7-14H,4-6H2,1H3. The predicted octanol–water partition coefficient (Wildman–Crippen LogP) is 5.39. The number of benzene rings is 2. The van der Waals surface area contributed by atoms with Crippen molar-refractivity contribution in [2.75, 3.05) is 0 Å². The van der Waals surface area contributed by atoms with Crippen LogP contribution in [0.15, 0.2) is 60.7 Å². The lowest BCUT2D eigenvalue weighted by Crippen LogP contribution is -1.85. The van der Waals surface area contributed by atoms with Gasteiger partial charge in [-0.1, -0.05) is 48.6 Å². The van der Waals surface area contributed by atoms with Gasteiger partial charge in [0, 0.05) is 0 Å². The van der Waals surface area contributed by atoms with E-state index in [0.29, 0.717) is 0 Å². The van der Waals surface area contributed by atoms with Gasteiger partial charge in [0.05, 0.1) is 0 Å². The average molecular weight is 254 g/mol. The highest BCUT2D eigenvalue weighted by Gasteiger charge is 1.98. The Hall–Kier alpha value is -1.89. The second-order valence-electron chi connectivity index (χ2n) is 4.67. The Kier molecular flexibility index (Phi) is 4.91. The Morgan fingerprint density at radius 1 is 0.895 bits per heavy atom. The molecule has 2 aromatic rings. The molecular weight excluding hydrogens is 235 g/mol. The molecule has 0 aromatic heterocycles. The molecule has 0 N–H and O–H groups in total. The molecule has 0 saturated heterocycles. The fourth-order valence-electron chi connectivity index (χ4n) is 2.10. The fourth-order valence-corrected chi connectivity index (χ4v) is 2.10. The summed E-state index contributed by atoms with van der Waals surface area (Å²) in [5, 5.41) is 0. The lowest BCUT2D eigenvalue weighted by Gasteiger charge is -2.04. The molecular formula is C18H19F. The van der Waals surface area contributed by atoms with Crippen molar-refractivity contribution in [3.63, 3.8) is 0 Å². The van der Waals surface area contributed by atoms with E-state index >= 15 is 0 Å². The van der Waals surface area contributed by atoms with Gasteiger partial charge in [-0.2, -0.15) is 0 Å². The summed E-state index contributed by atoms with van der Waals surface area (Å²) >= 11 is 0. The van der Waals surface area contributed by atoms with Crippen LogP contribution in [0.2, 0.25) is 0 Å². The number of halogens is 1. The van der Waals surface area contributed by atoms with E-state index in [2.05, 4.69) is 43.3 Å². The summed E-state index contributed by atoms with van der Waals surface area (Å²) in [6, 6.07) is 15.2. The van der Waals surface area contributed by atoms with Crippen LogP contribution in [0.25, 0.3) is 11.1 Å². The van der Waals surface area contributed by atoms with Gasteiger partial charge in [-0.3, -0.25) is 0 Å². The normalized spacial score (nSPS) is 11.1. The van der Waals surface area contributed by atoms with Crippen LogP contribution >= 0.6 is 0 Å². The molecule has 98 valence electrons. The highest BCUT2D eigenvalue weighted by atomic mass is 19.1. The molecule has 0 amide bonds. The molecule has 2 aromatic carbocycles. The minimum atomic E-state index is -0.190. The molecule has 0 radical (unpaired) electrons. The summed E-state index contributed by atoms with van der Waals surface area (Å²) in [5.74, 6) is -0.190. The van der Waals surface area contributed by atoms with Crippen molar-refractivity contribution < 1.29 is 4.39 Å². The van der Waals surface area contributed by atoms with Crippen LogP contribution in [0.5, 0.6) is 0 Å². The Bertz CT molecular complexity index is 521. The molecule has 0 aliphatic rings. The lowest BCUT2D eigenvalue weighted by atomic mass is 10.0. The van der Waals surface area contributed by atoms with Gasteiger partial charge in [-0.25, -0.2) is 4.39 Å². The van der Waals surface area contributed by atoms with Gasteiger partial charge in [0.2, 0.25) is 0 Å². The van der Waals surface area contributed by atoms with Gasteiger partial charge < -0.3 is 0 Å². The van der Waals surface area contributed by atoms with Crippen molar-refractivity contribution in [2.45, 2.75) is 26.2 Å². The highest BCUT2D eigenvalue weighted by molar-refractivity contribution is 5.63. The fraction of sp³-hybridized carbons (Fsp3) is 0.222. The molecule has 0 saturated carbocycles. The first-order valence-electron chi connectivity index (χ1n) is 6.75. The van der Waals surface area contributed by atoms with Crippen molar-refractivity contribution >= 4 is 0 Å². The molecule has 0 nitrogen and oxygen atoms in total. The largest absolute Gasteiger partial charge is 0.207 e. The summed E-state index contributed by atoms with van der Waals surface area (Å²) in [5.41, 5.74) is 3.55. The third-order valence-electron chi connectivity index (χ3n) is 3.20. The van der Waals surface area contributed by atoms with E-state index in [9.17, 15) is 4.39 Å². The molecule has 2 rings (SSSR count). The third-order valence-corrected chi connectivity index (χ3v) is 3.20. The summed E-state index contributed by atoms with van der Waals surface area (Å²) in [6.45, 7) is 2.05. The van der Waals surface area contributed by atoms with Gasteiger partial charge in [0.25, 0.3) is 0 Å². The van der Waals surface area contributed by atoms with E-state index < -0.39 is 0 Å². The maximum atomic E-state index is 12.9. The van der Waals surface area contributed by atoms with Gasteiger partial charge >= 0.3 is 0 Å². The second kappa shape index (κ2) is 6.89. The van der Waals surface area contributed by atoms with Crippen LogP contribution in [-0.2, 0) is 6.42 Å². The molecule has 0 fully saturated rings. The Labute approximate surface area is 114 Å². The van der Waals surface area contributed by atoms with Crippen LogP contribution in [0.3, 0.4) is 0 Å². The van der Waals surface area contributed by atoms with Crippen molar-refractivity contribution in [2.24, 2.45) is 0 Å². The smallest absolute Gasteiger partial charge is 0.123 e. The van der Waals surface area contributed by atoms with Gasteiger partial charge in [-0.15, -0.1) is 0 Å². The first-order valence-corrected chi connectivity index (χ1v) is 6.75. The van der Waals surface area contributed by atoms with Crippen molar-refractivity contribution in [3.8, 4) is 11.1 Å². The van der Waals surface area contributed by atoms with E-state index in [4.69, 9.17) is 0 Å². The topological polar surface area (TPSA) is 0 Å². The van der Waals surface area contributed by atoms with E-state index in [1.807, 2.05) is 12.1 Å². The number of hydrogen-bond donors (Lipinski definition) is 0. The molecule has 0 heterocycles. The first-order chi connectivity index (χ1) is 9.29. The number of unbranched alkanes of at least 4 members (excludes halogenated alkanes) is 1. The van der Waals surface area contributed by atoms with Crippen LogP contribution < -0.4 is 0 Å². The molecule has 0 bridgehead atoms. The second-order valence-corrected chi connectivity index (χ2v) is 4.67. The molecule has 0 spiro atoms. The van der Waals surface area contributed by atoms with Gasteiger partial charge in [0.15, 0.2) is 0 Å². The zero-order chi connectivity index (χ0) is 13.5. The summed E-state index contributed by atoms with van der Waals surface area (Å²) in [4.78, 5) is 0. The number of allylic oxidation sites excluding steroid dienone is 2. The number of hydrogen-bond acceptors (Lipinski definition) is 0. The van der Waals surface area contributed by atoms with Crippen molar-refractivity contribution in [3.05, 3.63) is 72.1 Å². The van der Waals surface area contributed by atoms with Crippen LogP contribution in [0, 0.1) is 5.82 Å². The molecule has 0 aliphatic carbocycles. The van der Waals surface area contributed by atoms with E-state index in [-0.39, 0.29) is 5.82 Å². The quantitative estimate of drug-likeness (QED) is 0.495. The summed E-state index contributed by atoms with van der Waals surface area (Å²) in [6.07, 6.45) is 7.72. The lowest BCUT2D eigenvalue weighted by molar-refractivity contribution is 0.628. The van der Waals surface area contributed by atoms with E-state index in [1.165, 1.54) is 24.1 Å². The number of aryl methyl sites for hydroxylation is 1.